The van der Waals surface area contributed by atoms with Crippen LogP contribution in [0.3, 0.4) is 0 Å². The lowest BCUT2D eigenvalue weighted by molar-refractivity contribution is -0.135. The molecule has 2 aromatic heterocycles. The third-order valence-corrected chi connectivity index (χ3v) is 21.8. The number of phenols is 2. The Balaban J connectivity index is 1.02. The summed E-state index contributed by atoms with van der Waals surface area (Å²) in [5.74, 6) is 3.95. The van der Waals surface area contributed by atoms with Gasteiger partial charge >= 0.3 is 0 Å². The fourth-order valence-electron chi connectivity index (χ4n) is 17.3. The van der Waals surface area contributed by atoms with Crippen LogP contribution in [-0.4, -0.2) is 95.7 Å². The van der Waals surface area contributed by atoms with Gasteiger partial charge in [-0.25, -0.2) is 0 Å². The highest BCUT2D eigenvalue weighted by molar-refractivity contribution is 6.05. The first-order chi connectivity index (χ1) is 42.3. The van der Waals surface area contributed by atoms with Crippen molar-refractivity contribution in [2.24, 2.45) is 23.2 Å². The number of benzene rings is 4. The number of nitrogens with one attached hydrogen (secondary N) is 4. The van der Waals surface area contributed by atoms with Crippen molar-refractivity contribution in [1.82, 2.24) is 15.3 Å². The Morgan fingerprint density at radius 2 is 1.56 bits per heavy atom. The SMILES string of the molecule is O=C1CCc2cc(OC3CCCC3)c(O)c(c2)[C@@H](O)c2cc3c4cc2-c2ccccc2CCCNC[C@@H](C#C[C@@H](Nc2[nH]ccc2C3)C2=Cc3[nH]ccc3[C@H](C[C@]3(O)C=Cc5c(O)cccc5CC3)[C@@H]2C(=O)[C@@H]1CCO)[C@@H](O)[C@]41CCC2(CCCC2)C1. The van der Waals surface area contributed by atoms with E-state index in [9.17, 15) is 30.6 Å². The van der Waals surface area contributed by atoms with Crippen LogP contribution in [0.4, 0.5) is 5.82 Å². The summed E-state index contributed by atoms with van der Waals surface area (Å²) in [6.45, 7) is 0.597. The first-order valence-electron chi connectivity index (χ1n) is 32.4. The lowest BCUT2D eigenvalue weighted by Gasteiger charge is -2.42. The molecule has 13 nitrogen and oxygen atoms in total. The topological polar surface area (TPSA) is 220 Å². The zero-order valence-corrected chi connectivity index (χ0v) is 49.7. The highest BCUT2D eigenvalue weighted by Gasteiger charge is 2.56. The van der Waals surface area contributed by atoms with E-state index in [1.54, 1.807) is 36.4 Å². The molecule has 0 amide bonds. The number of anilines is 1. The van der Waals surface area contributed by atoms with Crippen molar-refractivity contribution in [1.29, 1.82) is 0 Å². The molecule has 9 atom stereocenters. The molecule has 4 aromatic carbocycles. The predicted octanol–water partition coefficient (Wildman–Crippen LogP) is 11.4. The van der Waals surface area contributed by atoms with Crippen molar-refractivity contribution in [3.8, 4) is 40.2 Å². The maximum absolute atomic E-state index is 16.5. The maximum atomic E-state index is 16.5. The van der Waals surface area contributed by atoms with E-state index < -0.39 is 65.3 Å². The zero-order chi connectivity index (χ0) is 59.6. The molecule has 14 rings (SSSR count). The average Bonchev–Trinajstić information content (AvgIpc) is 1.72. The van der Waals surface area contributed by atoms with E-state index >= 15 is 9.59 Å². The number of ether oxygens (including phenoxy) is 1. The number of Topliss-reactive ketones (excluding diaryl/α,β-unsaturated/α-hetero) is 2. The number of carbonyl (C=O) groups is 2. The molecule has 13 heteroatoms. The fraction of sp³-hybridized carbons (Fsp3) is 0.459. The van der Waals surface area contributed by atoms with Crippen LogP contribution in [0.1, 0.15) is 176 Å². The minimum absolute atomic E-state index is 0.0219. The van der Waals surface area contributed by atoms with Gasteiger partial charge in [0.15, 0.2) is 17.3 Å². The number of ketones is 2. The molecular formula is C74H82N4O9. The number of aliphatic hydroxyl groups is 4. The number of aromatic hydroxyl groups is 2. The van der Waals surface area contributed by atoms with E-state index in [2.05, 4.69) is 74.9 Å². The van der Waals surface area contributed by atoms with Crippen LogP contribution >= 0.6 is 0 Å². The molecule has 87 heavy (non-hydrogen) atoms. The number of fused-ring (bicyclic) bond motifs is 13. The largest absolute Gasteiger partial charge is 0.507 e. The van der Waals surface area contributed by atoms with E-state index in [4.69, 9.17) is 4.74 Å². The van der Waals surface area contributed by atoms with Crippen LogP contribution in [0.5, 0.6) is 17.2 Å². The second-order valence-electron chi connectivity index (χ2n) is 27.0. The quantitative estimate of drug-likeness (QED) is 0.0558. The Bertz CT molecular complexity index is 3750. The molecule has 8 bridgehead atoms. The third kappa shape index (κ3) is 10.7. The average molecular weight is 1170 g/mol. The molecular weight excluding hydrogens is 1090 g/mol. The van der Waals surface area contributed by atoms with Gasteiger partial charge in [0.05, 0.1) is 29.6 Å². The molecule has 6 aromatic rings. The third-order valence-electron chi connectivity index (χ3n) is 21.8. The number of hydrogen-bond donors (Lipinski definition) is 10. The molecule has 10 N–H and O–H groups in total. The molecule has 0 radical (unpaired) electrons. The van der Waals surface area contributed by atoms with Gasteiger partial charge in [0, 0.05) is 72.5 Å². The lowest BCUT2D eigenvalue weighted by atomic mass is 9.64. The number of rotatable bonds is 6. The van der Waals surface area contributed by atoms with Gasteiger partial charge in [0.25, 0.3) is 0 Å². The van der Waals surface area contributed by atoms with Gasteiger partial charge in [-0.05, 0) is 218 Å². The van der Waals surface area contributed by atoms with Gasteiger partial charge in [-0.15, -0.1) is 0 Å². The Morgan fingerprint density at radius 3 is 2.41 bits per heavy atom. The number of hydrogen-bond acceptors (Lipinski definition) is 11. The van der Waals surface area contributed by atoms with Crippen molar-refractivity contribution in [2.45, 2.75) is 170 Å². The smallest absolute Gasteiger partial charge is 0.163 e. The van der Waals surface area contributed by atoms with Gasteiger partial charge in [-0.1, -0.05) is 79.3 Å². The fourth-order valence-corrected chi connectivity index (χ4v) is 17.3. The van der Waals surface area contributed by atoms with E-state index in [0.29, 0.717) is 60.4 Å². The van der Waals surface area contributed by atoms with Crippen molar-refractivity contribution < 1.29 is 45.0 Å². The number of aliphatic hydroxyl groups excluding tert-OH is 3. The summed E-state index contributed by atoms with van der Waals surface area (Å²) in [5, 5.41) is 82.9. The van der Waals surface area contributed by atoms with E-state index in [0.717, 1.165) is 134 Å². The minimum atomic E-state index is -1.48. The van der Waals surface area contributed by atoms with Crippen molar-refractivity contribution in [2.75, 3.05) is 25.0 Å². The summed E-state index contributed by atoms with van der Waals surface area (Å²) < 4.78 is 6.70. The van der Waals surface area contributed by atoms with Crippen LogP contribution in [0, 0.1) is 35.0 Å². The summed E-state index contributed by atoms with van der Waals surface area (Å²) in [4.78, 5) is 38.9. The molecule has 0 saturated heterocycles. The summed E-state index contributed by atoms with van der Waals surface area (Å²) in [7, 11) is 0. The van der Waals surface area contributed by atoms with E-state index in [-0.39, 0.29) is 65.8 Å². The molecule has 452 valence electrons. The molecule has 8 aliphatic rings. The van der Waals surface area contributed by atoms with Crippen LogP contribution in [0.15, 0.2) is 103 Å². The molecule has 3 saturated carbocycles. The number of H-pyrrole nitrogens is 2. The van der Waals surface area contributed by atoms with Crippen LogP contribution in [0.25, 0.3) is 23.3 Å². The second kappa shape index (κ2) is 23.4. The van der Waals surface area contributed by atoms with E-state index in [1.165, 1.54) is 0 Å². The van der Waals surface area contributed by atoms with Gasteiger partial charge < -0.3 is 56.0 Å². The molecule has 5 aliphatic carbocycles. The first-order valence-corrected chi connectivity index (χ1v) is 32.4. The highest BCUT2D eigenvalue weighted by Crippen LogP contribution is 2.62. The summed E-state index contributed by atoms with van der Waals surface area (Å²) >= 11 is 0. The molecule has 3 fully saturated rings. The number of aromatic nitrogens is 2. The number of phenolic OH excluding ortho intramolecular Hbond substituents is 2. The number of aromatic amines is 2. The van der Waals surface area contributed by atoms with Crippen LogP contribution in [-0.2, 0) is 40.7 Å². The highest BCUT2D eigenvalue weighted by atomic mass is 16.5. The standard InChI is InChI=1S/C74H82N4O9/c79-34-24-54-64(81)19-16-44-35-58(68(83)65(36-44)87-50-12-2-3-13-50)67(82)56-38-49-37-47-22-32-77-71(47)78-61(57-40-62-53(23-33-76-62)59(66(57)69(54)84)41-73(86)27-20-46-10-7-15-63(80)52(46)21-28-73)18-17-48-42-75-31-8-11-45-9-1-4-14-51(45)55(56)39-60(49)74(70(48)85)30-29-72(43-74)25-5-6-26-72/h1,4,7,9-10,14-15,21-23,28,32-33,35-36,38-40,48,50,54,59,61,66-67,70,75-80,82-83,85-86H,2-3,5-6,8,11-13,16,19-20,24-27,29-31,34,37,41-43H2/t48-,54-,59+,61-,66-,67+,70-,73-,74+/m1/s1. The zero-order valence-electron chi connectivity index (χ0n) is 49.7. The maximum Gasteiger partial charge on any atom is 0.163 e. The monoisotopic (exact) mass is 1170 g/mol. The Kier molecular flexibility index (Phi) is 15.5. The minimum Gasteiger partial charge on any atom is -0.507 e. The molecule has 2 spiro atoms. The lowest BCUT2D eigenvalue weighted by Crippen LogP contribution is -2.47. The van der Waals surface area contributed by atoms with Crippen molar-refractivity contribution >= 4 is 29.5 Å². The second-order valence-corrected chi connectivity index (χ2v) is 27.0. The Hall–Kier alpha value is -7.18. The van der Waals surface area contributed by atoms with Gasteiger partial charge in [0.2, 0.25) is 0 Å². The van der Waals surface area contributed by atoms with Crippen LogP contribution in [0.2, 0.25) is 0 Å². The summed E-state index contributed by atoms with van der Waals surface area (Å²) in [6, 6.07) is 25.0. The first kappa shape index (κ1) is 57.6. The Labute approximate surface area is 509 Å². The molecule has 5 heterocycles. The van der Waals surface area contributed by atoms with Crippen LogP contribution < -0.4 is 15.4 Å². The van der Waals surface area contributed by atoms with Gasteiger partial charge in [-0.3, -0.25) is 9.59 Å². The summed E-state index contributed by atoms with van der Waals surface area (Å²) in [6.07, 6.45) is 19.9. The normalized spacial score (nSPS) is 28.6. The summed E-state index contributed by atoms with van der Waals surface area (Å²) in [5.41, 5.74) is 8.77. The van der Waals surface area contributed by atoms with Gasteiger partial charge in [0.1, 0.15) is 29.5 Å². The molecule has 0 unspecified atom stereocenters. The van der Waals surface area contributed by atoms with Crippen molar-refractivity contribution in [3.05, 3.63) is 164 Å². The predicted molar refractivity (Wildman–Crippen MR) is 336 cm³/mol. The van der Waals surface area contributed by atoms with Crippen molar-refractivity contribution in [3.63, 3.8) is 0 Å². The molecule has 3 aliphatic heterocycles. The number of carbonyl (C=O) groups excluding carboxylic acids is 2. The number of aryl methyl sites for hydroxylation is 3. The van der Waals surface area contributed by atoms with E-state index in [1.807, 2.05) is 30.6 Å². The van der Waals surface area contributed by atoms with Gasteiger partial charge in [-0.2, -0.15) is 0 Å². The Morgan fingerprint density at radius 1 is 0.736 bits per heavy atom.